The van der Waals surface area contributed by atoms with Crippen LogP contribution < -0.4 is 5.32 Å². The molecular weight excluding hydrogens is 218 g/mol. The number of aliphatic hydroxyl groups excluding tert-OH is 1. The first-order chi connectivity index (χ1) is 7.97. The molecule has 1 fully saturated rings. The maximum atomic E-state index is 9.72. The van der Waals surface area contributed by atoms with Gasteiger partial charge in [-0.1, -0.05) is 0 Å². The smallest absolute Gasteiger partial charge is 0.0897 e. The van der Waals surface area contributed by atoms with E-state index in [1.54, 1.807) is 0 Å². The molecular formula is C13H27NO3. The second kappa shape index (κ2) is 7.31. The van der Waals surface area contributed by atoms with Crippen molar-refractivity contribution >= 4 is 0 Å². The van der Waals surface area contributed by atoms with Gasteiger partial charge in [-0.2, -0.15) is 0 Å². The van der Waals surface area contributed by atoms with Crippen LogP contribution in [0.2, 0.25) is 0 Å². The molecule has 0 amide bonds. The van der Waals surface area contributed by atoms with Crippen molar-refractivity contribution in [2.75, 3.05) is 32.9 Å². The summed E-state index contributed by atoms with van der Waals surface area (Å²) in [6.45, 7) is 9.63. The fraction of sp³-hybridized carbons (Fsp3) is 1.00. The third-order valence-corrected chi connectivity index (χ3v) is 2.78. The van der Waals surface area contributed by atoms with Crippen molar-refractivity contribution in [1.82, 2.24) is 5.32 Å². The van der Waals surface area contributed by atoms with Crippen LogP contribution >= 0.6 is 0 Å². The van der Waals surface area contributed by atoms with Crippen LogP contribution in [0.4, 0.5) is 0 Å². The Balaban J connectivity index is 2.01. The second-order valence-corrected chi connectivity index (χ2v) is 5.82. The maximum absolute atomic E-state index is 9.72. The van der Waals surface area contributed by atoms with E-state index in [0.717, 1.165) is 26.2 Å². The first kappa shape index (κ1) is 14.9. The summed E-state index contributed by atoms with van der Waals surface area (Å²) >= 11 is 0. The van der Waals surface area contributed by atoms with E-state index >= 15 is 0 Å². The summed E-state index contributed by atoms with van der Waals surface area (Å²) in [4.78, 5) is 0. The summed E-state index contributed by atoms with van der Waals surface area (Å²) in [7, 11) is 0. The summed E-state index contributed by atoms with van der Waals surface area (Å²) in [5.41, 5.74) is -0.182. The second-order valence-electron chi connectivity index (χ2n) is 5.82. The number of hydrogen-bond donors (Lipinski definition) is 2. The topological polar surface area (TPSA) is 50.7 Å². The van der Waals surface area contributed by atoms with Gasteiger partial charge in [0, 0.05) is 19.7 Å². The molecule has 0 aromatic rings. The molecule has 1 aliphatic rings. The van der Waals surface area contributed by atoms with E-state index in [-0.39, 0.29) is 5.60 Å². The van der Waals surface area contributed by atoms with E-state index in [1.165, 1.54) is 6.42 Å². The molecule has 0 aromatic heterocycles. The van der Waals surface area contributed by atoms with Crippen molar-refractivity contribution in [3.8, 4) is 0 Å². The van der Waals surface area contributed by atoms with Crippen LogP contribution in [0.15, 0.2) is 0 Å². The fourth-order valence-electron chi connectivity index (χ4n) is 1.83. The number of nitrogens with one attached hydrogen (secondary N) is 1. The van der Waals surface area contributed by atoms with E-state index in [9.17, 15) is 5.11 Å². The quantitative estimate of drug-likeness (QED) is 0.738. The van der Waals surface area contributed by atoms with E-state index in [4.69, 9.17) is 9.47 Å². The molecule has 0 aromatic carbocycles. The zero-order chi connectivity index (χ0) is 12.7. The lowest BCUT2D eigenvalue weighted by Crippen LogP contribution is -2.37. The third-order valence-electron chi connectivity index (χ3n) is 2.78. The summed E-state index contributed by atoms with van der Waals surface area (Å²) in [5.74, 6) is 0.597. The van der Waals surface area contributed by atoms with E-state index < -0.39 is 6.10 Å². The van der Waals surface area contributed by atoms with Gasteiger partial charge in [-0.25, -0.2) is 0 Å². The average molecular weight is 245 g/mol. The molecule has 2 N–H and O–H groups in total. The highest BCUT2D eigenvalue weighted by Gasteiger charge is 2.15. The summed E-state index contributed by atoms with van der Waals surface area (Å²) in [6, 6.07) is 0. The van der Waals surface area contributed by atoms with Gasteiger partial charge < -0.3 is 19.9 Å². The van der Waals surface area contributed by atoms with Crippen molar-refractivity contribution < 1.29 is 14.6 Å². The molecule has 2 unspecified atom stereocenters. The van der Waals surface area contributed by atoms with Crippen LogP contribution in [0.1, 0.15) is 33.6 Å². The van der Waals surface area contributed by atoms with Gasteiger partial charge in [0.25, 0.3) is 0 Å². The monoisotopic (exact) mass is 245 g/mol. The number of hydrogen-bond acceptors (Lipinski definition) is 4. The Hall–Kier alpha value is -0.160. The zero-order valence-electron chi connectivity index (χ0n) is 11.4. The fourth-order valence-corrected chi connectivity index (χ4v) is 1.83. The zero-order valence-corrected chi connectivity index (χ0v) is 11.4. The Morgan fingerprint density at radius 2 is 2.24 bits per heavy atom. The molecule has 1 aliphatic heterocycles. The first-order valence-corrected chi connectivity index (χ1v) is 6.58. The highest BCUT2D eigenvalue weighted by Crippen LogP contribution is 2.12. The van der Waals surface area contributed by atoms with Gasteiger partial charge in [0.15, 0.2) is 0 Å². The minimum atomic E-state index is -0.432. The molecule has 17 heavy (non-hydrogen) atoms. The summed E-state index contributed by atoms with van der Waals surface area (Å²) in [5, 5.41) is 13.0. The van der Waals surface area contributed by atoms with Crippen LogP contribution in [0.3, 0.4) is 0 Å². The van der Waals surface area contributed by atoms with Gasteiger partial charge in [-0.15, -0.1) is 0 Å². The Labute approximate surface area is 105 Å². The summed E-state index contributed by atoms with van der Waals surface area (Å²) < 4.78 is 10.9. The van der Waals surface area contributed by atoms with Crippen molar-refractivity contribution in [1.29, 1.82) is 0 Å². The molecule has 2 atom stereocenters. The first-order valence-electron chi connectivity index (χ1n) is 6.58. The van der Waals surface area contributed by atoms with Crippen molar-refractivity contribution in [2.45, 2.75) is 45.3 Å². The van der Waals surface area contributed by atoms with Gasteiger partial charge in [0.2, 0.25) is 0 Å². The highest BCUT2D eigenvalue weighted by atomic mass is 16.5. The van der Waals surface area contributed by atoms with Crippen LogP contribution in [0.25, 0.3) is 0 Å². The molecule has 1 rings (SSSR count). The van der Waals surface area contributed by atoms with E-state index in [0.29, 0.717) is 19.1 Å². The predicted molar refractivity (Wildman–Crippen MR) is 68.1 cm³/mol. The standard InChI is InChI=1S/C13H27NO3/c1-13(2,3)17-10-12(15)8-14-7-11-5-4-6-16-9-11/h11-12,14-15H,4-10H2,1-3H3. The van der Waals surface area contributed by atoms with Crippen LogP contribution in [-0.4, -0.2) is 49.7 Å². The lowest BCUT2D eigenvalue weighted by Gasteiger charge is -2.24. The normalized spacial score (nSPS) is 23.6. The molecule has 102 valence electrons. The third kappa shape index (κ3) is 7.71. The maximum Gasteiger partial charge on any atom is 0.0897 e. The summed E-state index contributed by atoms with van der Waals surface area (Å²) in [6.07, 6.45) is 1.95. The highest BCUT2D eigenvalue weighted by molar-refractivity contribution is 4.68. The SMILES string of the molecule is CC(C)(C)OCC(O)CNCC1CCCOC1. The number of aliphatic hydroxyl groups is 1. The minimum absolute atomic E-state index is 0.182. The van der Waals surface area contributed by atoms with Gasteiger partial charge in [-0.05, 0) is 39.5 Å². The van der Waals surface area contributed by atoms with Gasteiger partial charge in [0.05, 0.1) is 24.9 Å². The number of rotatable bonds is 6. The Bertz CT molecular complexity index is 197. The Kier molecular flexibility index (Phi) is 6.41. The van der Waals surface area contributed by atoms with E-state index in [2.05, 4.69) is 5.32 Å². The molecule has 0 aliphatic carbocycles. The lowest BCUT2D eigenvalue weighted by atomic mass is 10.0. The molecule has 4 heteroatoms. The van der Waals surface area contributed by atoms with Crippen LogP contribution in [0, 0.1) is 5.92 Å². The predicted octanol–water partition coefficient (Wildman–Crippen LogP) is 1.18. The van der Waals surface area contributed by atoms with Gasteiger partial charge in [0.1, 0.15) is 0 Å². The lowest BCUT2D eigenvalue weighted by molar-refractivity contribution is -0.0483. The Morgan fingerprint density at radius 3 is 2.82 bits per heavy atom. The molecule has 0 saturated carbocycles. The molecule has 1 saturated heterocycles. The Morgan fingerprint density at radius 1 is 1.47 bits per heavy atom. The number of ether oxygens (including phenoxy) is 2. The van der Waals surface area contributed by atoms with Gasteiger partial charge in [-0.3, -0.25) is 0 Å². The van der Waals surface area contributed by atoms with Gasteiger partial charge >= 0.3 is 0 Å². The van der Waals surface area contributed by atoms with Crippen molar-refractivity contribution in [2.24, 2.45) is 5.92 Å². The average Bonchev–Trinajstić information content (AvgIpc) is 2.27. The van der Waals surface area contributed by atoms with E-state index in [1.807, 2.05) is 20.8 Å². The van der Waals surface area contributed by atoms with Crippen LogP contribution in [-0.2, 0) is 9.47 Å². The minimum Gasteiger partial charge on any atom is -0.389 e. The largest absolute Gasteiger partial charge is 0.389 e. The molecule has 0 bridgehead atoms. The van der Waals surface area contributed by atoms with Crippen LogP contribution in [0.5, 0.6) is 0 Å². The van der Waals surface area contributed by atoms with Crippen molar-refractivity contribution in [3.05, 3.63) is 0 Å². The molecule has 0 spiro atoms. The molecule has 1 heterocycles. The molecule has 4 nitrogen and oxygen atoms in total. The molecule has 0 radical (unpaired) electrons. The van der Waals surface area contributed by atoms with Crippen molar-refractivity contribution in [3.63, 3.8) is 0 Å².